The van der Waals surface area contributed by atoms with Crippen molar-refractivity contribution < 1.29 is 4.39 Å². The van der Waals surface area contributed by atoms with Gasteiger partial charge >= 0.3 is 0 Å². The Bertz CT molecular complexity index is 367. The van der Waals surface area contributed by atoms with Crippen LogP contribution >= 0.6 is 0 Å². The first kappa shape index (κ1) is 11.8. The Balaban J connectivity index is 3.37. The van der Waals surface area contributed by atoms with Gasteiger partial charge in [-0.25, -0.2) is 4.39 Å². The smallest absolute Gasteiger partial charge is 0.147 e. The Hall–Kier alpha value is -1.31. The van der Waals surface area contributed by atoms with Crippen molar-refractivity contribution in [2.45, 2.75) is 19.8 Å². The summed E-state index contributed by atoms with van der Waals surface area (Å²) in [6.45, 7) is 7.83. The van der Waals surface area contributed by atoms with E-state index in [0.717, 1.165) is 11.1 Å². The van der Waals surface area contributed by atoms with Crippen LogP contribution < -0.4 is 4.90 Å². The molecule has 0 aliphatic carbocycles. The first-order chi connectivity index (χ1) is 6.97. The number of benzene rings is 1. The maximum absolute atomic E-state index is 13.8. The van der Waals surface area contributed by atoms with Gasteiger partial charge in [0.25, 0.3) is 0 Å². The standard InChI is InChI=1S/C13H18FN/c1-6-10-7-11(9(2)3)8-12(14)13(10)15(4)5/h6-9H,1H2,2-5H3. The molecule has 0 N–H and O–H groups in total. The number of nitrogens with zero attached hydrogens (tertiary/aromatic N) is 1. The van der Waals surface area contributed by atoms with Crippen LogP contribution in [-0.4, -0.2) is 14.1 Å². The second kappa shape index (κ2) is 4.47. The molecule has 0 saturated heterocycles. The number of hydrogen-bond donors (Lipinski definition) is 0. The Labute approximate surface area is 91.2 Å². The minimum Gasteiger partial charge on any atom is -0.375 e. The SMILES string of the molecule is C=Cc1cc(C(C)C)cc(F)c1N(C)C. The molecule has 0 heterocycles. The molecule has 1 aromatic carbocycles. The molecule has 0 atom stereocenters. The van der Waals surface area contributed by atoms with Gasteiger partial charge < -0.3 is 4.90 Å². The third kappa shape index (κ3) is 2.38. The van der Waals surface area contributed by atoms with Crippen LogP contribution in [0.1, 0.15) is 30.9 Å². The molecule has 0 saturated carbocycles. The topological polar surface area (TPSA) is 3.24 Å². The maximum atomic E-state index is 13.8. The fraction of sp³-hybridized carbons (Fsp3) is 0.385. The number of anilines is 1. The highest BCUT2D eigenvalue weighted by Gasteiger charge is 2.12. The van der Waals surface area contributed by atoms with Crippen LogP contribution in [0.25, 0.3) is 6.08 Å². The summed E-state index contributed by atoms with van der Waals surface area (Å²) in [5.41, 5.74) is 2.46. The van der Waals surface area contributed by atoms with Gasteiger partial charge in [0, 0.05) is 19.7 Å². The molecule has 0 bridgehead atoms. The van der Waals surface area contributed by atoms with E-state index in [1.165, 1.54) is 0 Å². The molecule has 1 aromatic rings. The van der Waals surface area contributed by atoms with Crippen LogP contribution in [0.5, 0.6) is 0 Å². The molecule has 0 aliphatic heterocycles. The average Bonchev–Trinajstić information content (AvgIpc) is 2.15. The summed E-state index contributed by atoms with van der Waals surface area (Å²) < 4.78 is 13.8. The van der Waals surface area contributed by atoms with Crippen LogP contribution in [0.15, 0.2) is 18.7 Å². The van der Waals surface area contributed by atoms with Gasteiger partial charge in [-0.05, 0) is 23.6 Å². The van der Waals surface area contributed by atoms with Crippen molar-refractivity contribution in [1.82, 2.24) is 0 Å². The van der Waals surface area contributed by atoms with Crippen molar-refractivity contribution in [3.63, 3.8) is 0 Å². The summed E-state index contributed by atoms with van der Waals surface area (Å²) in [5, 5.41) is 0. The fourth-order valence-corrected chi connectivity index (χ4v) is 1.60. The highest BCUT2D eigenvalue weighted by Crippen LogP contribution is 2.28. The van der Waals surface area contributed by atoms with Crippen LogP contribution in [0.2, 0.25) is 0 Å². The van der Waals surface area contributed by atoms with E-state index in [1.54, 1.807) is 17.0 Å². The van der Waals surface area contributed by atoms with Crippen LogP contribution in [0.4, 0.5) is 10.1 Å². The van der Waals surface area contributed by atoms with Gasteiger partial charge in [0.1, 0.15) is 5.82 Å². The number of hydrogen-bond acceptors (Lipinski definition) is 1. The highest BCUT2D eigenvalue weighted by molar-refractivity contribution is 5.68. The molecular formula is C13H18FN. The van der Waals surface area contributed by atoms with Gasteiger partial charge in [-0.3, -0.25) is 0 Å². The van der Waals surface area contributed by atoms with E-state index < -0.39 is 0 Å². The fourth-order valence-electron chi connectivity index (χ4n) is 1.60. The molecule has 0 unspecified atom stereocenters. The van der Waals surface area contributed by atoms with E-state index >= 15 is 0 Å². The summed E-state index contributed by atoms with van der Waals surface area (Å²) in [5.74, 6) is 0.149. The molecule has 0 aromatic heterocycles. The van der Waals surface area contributed by atoms with E-state index in [-0.39, 0.29) is 5.82 Å². The lowest BCUT2D eigenvalue weighted by Gasteiger charge is -2.18. The Morgan fingerprint density at radius 1 is 1.33 bits per heavy atom. The predicted octanol–water partition coefficient (Wildman–Crippen LogP) is 3.66. The summed E-state index contributed by atoms with van der Waals surface area (Å²) in [6.07, 6.45) is 1.70. The molecule has 2 heteroatoms. The van der Waals surface area contributed by atoms with E-state index in [0.29, 0.717) is 11.6 Å². The van der Waals surface area contributed by atoms with Gasteiger partial charge in [-0.1, -0.05) is 26.5 Å². The Kier molecular flexibility index (Phi) is 3.51. The minimum atomic E-state index is -0.180. The number of halogens is 1. The molecular weight excluding hydrogens is 189 g/mol. The maximum Gasteiger partial charge on any atom is 0.147 e. The zero-order chi connectivity index (χ0) is 11.6. The van der Waals surface area contributed by atoms with Crippen LogP contribution in [0.3, 0.4) is 0 Å². The molecule has 82 valence electrons. The van der Waals surface area contributed by atoms with Gasteiger partial charge in [0.2, 0.25) is 0 Å². The lowest BCUT2D eigenvalue weighted by Crippen LogP contribution is -2.13. The van der Waals surface area contributed by atoms with E-state index in [9.17, 15) is 4.39 Å². The van der Waals surface area contributed by atoms with Crippen molar-refractivity contribution in [3.8, 4) is 0 Å². The lowest BCUT2D eigenvalue weighted by atomic mass is 9.99. The van der Waals surface area contributed by atoms with Crippen LogP contribution in [-0.2, 0) is 0 Å². The van der Waals surface area contributed by atoms with Crippen molar-refractivity contribution in [1.29, 1.82) is 0 Å². The number of rotatable bonds is 3. The summed E-state index contributed by atoms with van der Waals surface area (Å²) in [7, 11) is 3.67. The van der Waals surface area contributed by atoms with Crippen molar-refractivity contribution in [2.75, 3.05) is 19.0 Å². The molecule has 0 spiro atoms. The molecule has 0 radical (unpaired) electrons. The van der Waals surface area contributed by atoms with Crippen molar-refractivity contribution >= 4 is 11.8 Å². The van der Waals surface area contributed by atoms with E-state index in [4.69, 9.17) is 0 Å². The monoisotopic (exact) mass is 207 g/mol. The second-order valence-corrected chi connectivity index (χ2v) is 4.19. The first-order valence-corrected chi connectivity index (χ1v) is 5.10. The van der Waals surface area contributed by atoms with Crippen LogP contribution in [0, 0.1) is 5.82 Å². The third-order valence-corrected chi connectivity index (χ3v) is 2.45. The molecule has 0 fully saturated rings. The van der Waals surface area contributed by atoms with Crippen molar-refractivity contribution in [3.05, 3.63) is 35.7 Å². The quantitative estimate of drug-likeness (QED) is 0.731. The lowest BCUT2D eigenvalue weighted by molar-refractivity contribution is 0.621. The minimum absolute atomic E-state index is 0.180. The predicted molar refractivity (Wildman–Crippen MR) is 64.9 cm³/mol. The van der Waals surface area contributed by atoms with Gasteiger partial charge in [-0.15, -0.1) is 0 Å². The molecule has 1 rings (SSSR count). The normalized spacial score (nSPS) is 10.5. The van der Waals surface area contributed by atoms with Crippen molar-refractivity contribution in [2.24, 2.45) is 0 Å². The highest BCUT2D eigenvalue weighted by atomic mass is 19.1. The van der Waals surface area contributed by atoms with Gasteiger partial charge in [0.15, 0.2) is 0 Å². The molecule has 15 heavy (non-hydrogen) atoms. The summed E-state index contributed by atoms with van der Waals surface area (Å²) in [6, 6.07) is 3.60. The second-order valence-electron chi connectivity index (χ2n) is 4.19. The van der Waals surface area contributed by atoms with Gasteiger partial charge in [0.05, 0.1) is 5.69 Å². The largest absolute Gasteiger partial charge is 0.375 e. The average molecular weight is 207 g/mol. The Morgan fingerprint density at radius 3 is 2.33 bits per heavy atom. The molecule has 0 aliphatic rings. The zero-order valence-electron chi connectivity index (χ0n) is 9.84. The van der Waals surface area contributed by atoms with E-state index in [1.807, 2.05) is 20.2 Å². The van der Waals surface area contributed by atoms with E-state index in [2.05, 4.69) is 20.4 Å². The summed E-state index contributed by atoms with van der Waals surface area (Å²) >= 11 is 0. The Morgan fingerprint density at radius 2 is 1.93 bits per heavy atom. The third-order valence-electron chi connectivity index (χ3n) is 2.45. The summed E-state index contributed by atoms with van der Waals surface area (Å²) in [4.78, 5) is 1.77. The van der Waals surface area contributed by atoms with Gasteiger partial charge in [-0.2, -0.15) is 0 Å². The molecule has 1 nitrogen and oxygen atoms in total. The zero-order valence-corrected chi connectivity index (χ0v) is 9.84. The first-order valence-electron chi connectivity index (χ1n) is 5.10. The molecule has 0 amide bonds.